The van der Waals surface area contributed by atoms with E-state index in [9.17, 15) is 18.0 Å². The predicted molar refractivity (Wildman–Crippen MR) is 61.4 cm³/mol. The van der Waals surface area contributed by atoms with Crippen molar-refractivity contribution < 1.29 is 27.4 Å². The second-order valence-corrected chi connectivity index (χ2v) is 3.82. The van der Waals surface area contributed by atoms with Gasteiger partial charge in [-0.15, -0.1) is 13.2 Å². The van der Waals surface area contributed by atoms with E-state index in [-0.39, 0.29) is 12.3 Å². The Morgan fingerprint density at radius 1 is 1.42 bits per heavy atom. The second kappa shape index (κ2) is 6.42. The number of esters is 1. The van der Waals surface area contributed by atoms with Gasteiger partial charge in [0, 0.05) is 6.54 Å². The number of alkyl halides is 3. The molecule has 0 fully saturated rings. The van der Waals surface area contributed by atoms with E-state index >= 15 is 0 Å². The fourth-order valence-electron chi connectivity index (χ4n) is 1.38. The van der Waals surface area contributed by atoms with Gasteiger partial charge in [0.2, 0.25) is 0 Å². The molecular formula is C12H14F3NO3. The zero-order chi connectivity index (χ0) is 14.5. The summed E-state index contributed by atoms with van der Waals surface area (Å²) in [5.41, 5.74) is 0.567. The minimum Gasteiger partial charge on any atom is -0.468 e. The Kier molecular flexibility index (Phi) is 5.17. The lowest BCUT2D eigenvalue weighted by atomic mass is 10.2. The van der Waals surface area contributed by atoms with Gasteiger partial charge < -0.3 is 14.8 Å². The Balaban J connectivity index is 2.60. The average molecular weight is 277 g/mol. The van der Waals surface area contributed by atoms with Gasteiger partial charge in [0.25, 0.3) is 0 Å². The molecule has 0 heterocycles. The molecule has 0 amide bonds. The Labute approximate surface area is 108 Å². The fourth-order valence-corrected chi connectivity index (χ4v) is 1.38. The van der Waals surface area contributed by atoms with Crippen LogP contribution >= 0.6 is 0 Å². The maximum absolute atomic E-state index is 12.0. The molecule has 0 saturated heterocycles. The number of rotatable bonds is 5. The molecule has 0 aliphatic heterocycles. The number of hydrogen-bond acceptors (Lipinski definition) is 4. The van der Waals surface area contributed by atoms with Crippen LogP contribution in [0.3, 0.4) is 0 Å². The number of ether oxygens (including phenoxy) is 2. The summed E-state index contributed by atoms with van der Waals surface area (Å²) in [5.74, 6) is -0.736. The molecule has 19 heavy (non-hydrogen) atoms. The normalized spacial score (nSPS) is 12.9. The number of nitrogens with one attached hydrogen (secondary N) is 1. The highest BCUT2D eigenvalue weighted by atomic mass is 19.4. The third-order valence-corrected chi connectivity index (χ3v) is 2.30. The van der Waals surface area contributed by atoms with Crippen molar-refractivity contribution in [2.24, 2.45) is 0 Å². The van der Waals surface area contributed by atoms with E-state index in [4.69, 9.17) is 0 Å². The first kappa shape index (κ1) is 15.3. The van der Waals surface area contributed by atoms with Crippen molar-refractivity contribution in [3.05, 3.63) is 29.8 Å². The van der Waals surface area contributed by atoms with Crippen LogP contribution in [0.15, 0.2) is 24.3 Å². The first-order chi connectivity index (χ1) is 8.81. The zero-order valence-corrected chi connectivity index (χ0v) is 10.5. The Morgan fingerprint density at radius 3 is 2.68 bits per heavy atom. The summed E-state index contributed by atoms with van der Waals surface area (Å²) in [6.45, 7) is 1.83. The molecule has 106 valence electrons. The first-order valence-electron chi connectivity index (χ1n) is 5.47. The number of carbonyl (C=O) groups excluding carboxylic acids is 1. The van der Waals surface area contributed by atoms with E-state index in [2.05, 4.69) is 14.8 Å². The molecule has 0 aliphatic rings. The van der Waals surface area contributed by atoms with E-state index < -0.39 is 18.4 Å². The molecule has 1 unspecified atom stereocenters. The van der Waals surface area contributed by atoms with Gasteiger partial charge in [-0.2, -0.15) is 0 Å². The smallest absolute Gasteiger partial charge is 0.468 e. The fraction of sp³-hybridized carbons (Fsp3) is 0.417. The molecule has 1 aromatic rings. The van der Waals surface area contributed by atoms with Crippen molar-refractivity contribution in [1.29, 1.82) is 0 Å². The van der Waals surface area contributed by atoms with Crippen LogP contribution in [0, 0.1) is 0 Å². The molecule has 0 saturated carbocycles. The highest BCUT2D eigenvalue weighted by Crippen LogP contribution is 2.23. The Bertz CT molecular complexity index is 434. The van der Waals surface area contributed by atoms with Crippen LogP contribution in [0.5, 0.6) is 5.75 Å². The monoisotopic (exact) mass is 277 g/mol. The number of benzene rings is 1. The quantitative estimate of drug-likeness (QED) is 0.838. The zero-order valence-electron chi connectivity index (χ0n) is 10.5. The van der Waals surface area contributed by atoms with Gasteiger partial charge in [0.15, 0.2) is 0 Å². The van der Waals surface area contributed by atoms with Crippen molar-refractivity contribution in [3.8, 4) is 5.75 Å². The third-order valence-electron chi connectivity index (χ3n) is 2.30. The van der Waals surface area contributed by atoms with Crippen LogP contribution in [0.2, 0.25) is 0 Å². The van der Waals surface area contributed by atoms with Gasteiger partial charge in [0.1, 0.15) is 11.8 Å². The van der Waals surface area contributed by atoms with E-state index in [1.54, 1.807) is 13.0 Å². The molecule has 7 heteroatoms. The van der Waals surface area contributed by atoms with Gasteiger partial charge in [-0.25, -0.2) is 0 Å². The molecule has 0 spiro atoms. The number of methoxy groups -OCH3 is 1. The van der Waals surface area contributed by atoms with Gasteiger partial charge in [0.05, 0.1) is 7.11 Å². The summed E-state index contributed by atoms with van der Waals surface area (Å²) in [7, 11) is 1.26. The van der Waals surface area contributed by atoms with Crippen molar-refractivity contribution in [1.82, 2.24) is 5.32 Å². The van der Waals surface area contributed by atoms with E-state index in [1.165, 1.54) is 25.3 Å². The summed E-state index contributed by atoms with van der Waals surface area (Å²) in [6, 6.07) is 4.99. The van der Waals surface area contributed by atoms with Crippen LogP contribution in [-0.2, 0) is 16.1 Å². The lowest BCUT2D eigenvalue weighted by Crippen LogP contribution is -2.34. The number of halogens is 3. The molecule has 0 aromatic heterocycles. The lowest BCUT2D eigenvalue weighted by molar-refractivity contribution is -0.274. The standard InChI is InChI=1S/C12H14F3NO3/c1-8(11(17)18-2)16-7-9-4-3-5-10(6-9)19-12(13,14)15/h3-6,8,16H,7H2,1-2H3. The highest BCUT2D eigenvalue weighted by Gasteiger charge is 2.31. The molecule has 0 bridgehead atoms. The van der Waals surface area contributed by atoms with Crippen LogP contribution in [0.4, 0.5) is 13.2 Å². The van der Waals surface area contributed by atoms with Crippen LogP contribution < -0.4 is 10.1 Å². The Hall–Kier alpha value is -1.76. The third kappa shape index (κ3) is 5.60. The topological polar surface area (TPSA) is 47.6 Å². The summed E-state index contributed by atoms with van der Waals surface area (Å²) >= 11 is 0. The van der Waals surface area contributed by atoms with Gasteiger partial charge >= 0.3 is 12.3 Å². The second-order valence-electron chi connectivity index (χ2n) is 3.82. The first-order valence-corrected chi connectivity index (χ1v) is 5.47. The summed E-state index contributed by atoms with van der Waals surface area (Å²) < 4.78 is 44.4. The summed E-state index contributed by atoms with van der Waals surface area (Å²) in [4.78, 5) is 11.1. The predicted octanol–water partition coefficient (Wildman–Crippen LogP) is 2.24. The molecule has 1 aromatic carbocycles. The minimum atomic E-state index is -4.72. The number of carbonyl (C=O) groups is 1. The van der Waals surface area contributed by atoms with Crippen molar-refractivity contribution in [2.75, 3.05) is 7.11 Å². The van der Waals surface area contributed by atoms with Crippen LogP contribution in [0.1, 0.15) is 12.5 Å². The molecule has 0 radical (unpaired) electrons. The summed E-state index contributed by atoms with van der Waals surface area (Å²) in [5, 5.41) is 2.83. The minimum absolute atomic E-state index is 0.228. The average Bonchev–Trinajstić information content (AvgIpc) is 2.33. The largest absolute Gasteiger partial charge is 0.573 e. The van der Waals surface area contributed by atoms with E-state index in [0.29, 0.717) is 5.56 Å². The van der Waals surface area contributed by atoms with E-state index in [1.807, 2.05) is 0 Å². The summed E-state index contributed by atoms with van der Waals surface area (Å²) in [6.07, 6.45) is -4.72. The van der Waals surface area contributed by atoms with Crippen molar-refractivity contribution in [2.45, 2.75) is 25.9 Å². The van der Waals surface area contributed by atoms with Crippen LogP contribution in [-0.4, -0.2) is 25.5 Å². The maximum atomic E-state index is 12.0. The van der Waals surface area contributed by atoms with Gasteiger partial charge in [-0.1, -0.05) is 12.1 Å². The molecule has 1 N–H and O–H groups in total. The van der Waals surface area contributed by atoms with Gasteiger partial charge in [-0.05, 0) is 24.6 Å². The number of hydrogen-bond donors (Lipinski definition) is 1. The Morgan fingerprint density at radius 2 is 2.11 bits per heavy atom. The van der Waals surface area contributed by atoms with Crippen molar-refractivity contribution >= 4 is 5.97 Å². The molecule has 1 rings (SSSR count). The maximum Gasteiger partial charge on any atom is 0.573 e. The SMILES string of the molecule is COC(=O)C(C)NCc1cccc(OC(F)(F)F)c1. The molecular weight excluding hydrogens is 263 g/mol. The highest BCUT2D eigenvalue weighted by molar-refractivity contribution is 5.75. The molecule has 1 atom stereocenters. The van der Waals surface area contributed by atoms with Crippen LogP contribution in [0.25, 0.3) is 0 Å². The molecule has 0 aliphatic carbocycles. The molecule has 4 nitrogen and oxygen atoms in total. The van der Waals surface area contributed by atoms with Crippen molar-refractivity contribution in [3.63, 3.8) is 0 Å². The lowest BCUT2D eigenvalue weighted by Gasteiger charge is -2.13. The van der Waals surface area contributed by atoms with Gasteiger partial charge in [-0.3, -0.25) is 4.79 Å². The van der Waals surface area contributed by atoms with E-state index in [0.717, 1.165) is 0 Å².